The number of nitrogens with zero attached hydrogens (tertiary/aromatic N) is 1. The van der Waals surface area contributed by atoms with Gasteiger partial charge < -0.3 is 10.1 Å². The van der Waals surface area contributed by atoms with Gasteiger partial charge >= 0.3 is 12.1 Å². The van der Waals surface area contributed by atoms with Crippen LogP contribution in [0.15, 0.2) is 29.3 Å². The third kappa shape index (κ3) is 2.51. The number of amides is 1. The van der Waals surface area contributed by atoms with Crippen LogP contribution in [-0.4, -0.2) is 36.2 Å². The van der Waals surface area contributed by atoms with Crippen molar-refractivity contribution in [2.75, 3.05) is 7.11 Å². The van der Waals surface area contributed by atoms with Gasteiger partial charge in [0.05, 0.1) is 5.71 Å². The molecule has 3 rings (SSSR count). The lowest BCUT2D eigenvalue weighted by Gasteiger charge is -2.40. The molecular formula is C16H19F3N2O2. The molecular weight excluding hydrogens is 309 g/mol. The van der Waals surface area contributed by atoms with E-state index in [2.05, 4.69) is 10.3 Å². The summed E-state index contributed by atoms with van der Waals surface area (Å²) in [6.07, 6.45) is 5.79. The van der Waals surface area contributed by atoms with E-state index in [0.717, 1.165) is 19.3 Å². The first-order chi connectivity index (χ1) is 10.8. The van der Waals surface area contributed by atoms with E-state index < -0.39 is 23.3 Å². The lowest BCUT2D eigenvalue weighted by atomic mass is 9.74. The van der Waals surface area contributed by atoms with E-state index in [-0.39, 0.29) is 5.92 Å². The Bertz CT molecular complexity index is 597. The molecule has 0 aromatic carbocycles. The Kier molecular flexibility index (Phi) is 3.86. The first kappa shape index (κ1) is 16.2. The molecule has 2 aliphatic carbocycles. The number of hydrogen-bond acceptors (Lipinski definition) is 3. The van der Waals surface area contributed by atoms with Crippen molar-refractivity contribution in [1.29, 1.82) is 0 Å². The van der Waals surface area contributed by atoms with Crippen LogP contribution in [0.5, 0.6) is 0 Å². The van der Waals surface area contributed by atoms with Gasteiger partial charge in [0.1, 0.15) is 11.3 Å². The zero-order valence-corrected chi connectivity index (χ0v) is 12.8. The third-order valence-corrected chi connectivity index (χ3v) is 5.00. The van der Waals surface area contributed by atoms with Gasteiger partial charge in [0.25, 0.3) is 0 Å². The predicted molar refractivity (Wildman–Crippen MR) is 79.0 cm³/mol. The number of methoxy groups -OCH3 is 1. The smallest absolute Gasteiger partial charge is 0.367 e. The Labute approximate surface area is 132 Å². The summed E-state index contributed by atoms with van der Waals surface area (Å²) in [6, 6.07) is 0. The Balaban J connectivity index is 2.04. The Hall–Kier alpha value is -1.63. The van der Waals surface area contributed by atoms with Gasteiger partial charge in [-0.15, -0.1) is 0 Å². The molecule has 0 aromatic rings. The molecule has 0 saturated heterocycles. The van der Waals surface area contributed by atoms with Crippen molar-refractivity contribution in [1.82, 2.24) is 5.32 Å². The number of carbonyl (C=O) groups excluding carboxylic acids is 1. The molecule has 7 heteroatoms. The number of hydrogen-bond donors (Lipinski definition) is 1. The average Bonchev–Trinajstić information content (AvgIpc) is 2.62. The number of halogens is 3. The second kappa shape index (κ2) is 5.47. The molecule has 0 radical (unpaired) electrons. The van der Waals surface area contributed by atoms with E-state index in [1.807, 2.05) is 12.2 Å². The van der Waals surface area contributed by atoms with Crippen LogP contribution in [0.25, 0.3) is 0 Å². The highest BCUT2D eigenvalue weighted by Crippen LogP contribution is 2.49. The van der Waals surface area contributed by atoms with Gasteiger partial charge in [-0.05, 0) is 31.4 Å². The third-order valence-electron chi connectivity index (χ3n) is 5.00. The summed E-state index contributed by atoms with van der Waals surface area (Å²) in [5.74, 6) is -2.28. The number of aliphatic imine (C=N–C) groups is 1. The van der Waals surface area contributed by atoms with Gasteiger partial charge in [-0.3, -0.25) is 9.79 Å². The highest BCUT2D eigenvalue weighted by Gasteiger charge is 2.60. The zero-order valence-electron chi connectivity index (χ0n) is 12.8. The van der Waals surface area contributed by atoms with Gasteiger partial charge in [0, 0.05) is 13.0 Å². The van der Waals surface area contributed by atoms with E-state index >= 15 is 0 Å². The number of alkyl halides is 3. The Morgan fingerprint density at radius 2 is 2.13 bits per heavy atom. The molecule has 1 amide bonds. The first-order valence-corrected chi connectivity index (χ1v) is 7.75. The fourth-order valence-corrected chi connectivity index (χ4v) is 3.99. The van der Waals surface area contributed by atoms with E-state index in [4.69, 9.17) is 4.74 Å². The molecule has 0 bridgehead atoms. The molecule has 0 spiro atoms. The fraction of sp³-hybridized carbons (Fsp3) is 0.625. The molecule has 0 unspecified atom stereocenters. The van der Waals surface area contributed by atoms with Crippen molar-refractivity contribution in [3.63, 3.8) is 0 Å². The van der Waals surface area contributed by atoms with Crippen molar-refractivity contribution in [3.8, 4) is 0 Å². The van der Waals surface area contributed by atoms with Crippen LogP contribution >= 0.6 is 0 Å². The predicted octanol–water partition coefficient (Wildman–Crippen LogP) is 2.91. The van der Waals surface area contributed by atoms with Gasteiger partial charge in [-0.25, -0.2) is 0 Å². The maximum Gasteiger partial charge on any atom is 0.471 e. The molecule has 1 saturated carbocycles. The Morgan fingerprint density at radius 3 is 2.83 bits per heavy atom. The van der Waals surface area contributed by atoms with Crippen LogP contribution in [0, 0.1) is 5.92 Å². The van der Waals surface area contributed by atoms with Crippen LogP contribution < -0.4 is 5.32 Å². The normalized spacial score (nSPS) is 36.0. The zero-order chi connectivity index (χ0) is 16.7. The van der Waals surface area contributed by atoms with Crippen molar-refractivity contribution >= 4 is 11.6 Å². The summed E-state index contributed by atoms with van der Waals surface area (Å²) < 4.78 is 44.1. The molecule has 0 aromatic heterocycles. The van der Waals surface area contributed by atoms with Gasteiger partial charge in [0.15, 0.2) is 0 Å². The molecule has 1 aliphatic heterocycles. The van der Waals surface area contributed by atoms with Crippen LogP contribution in [0.1, 0.15) is 32.1 Å². The number of fused-ring (bicyclic) bond motifs is 3. The lowest BCUT2D eigenvalue weighted by molar-refractivity contribution is -0.177. The maximum atomic E-state index is 12.8. The second-order valence-electron chi connectivity index (χ2n) is 6.24. The van der Waals surface area contributed by atoms with Crippen LogP contribution in [-0.2, 0) is 9.53 Å². The molecule has 1 N–H and O–H groups in total. The minimum Gasteiger partial charge on any atom is -0.367 e. The SMILES string of the molecule is CO[C@]12C=CC=CC1=N[C@@]1(NC(=O)C(F)(F)F)CCCCC[C@@H]12. The largest absolute Gasteiger partial charge is 0.471 e. The second-order valence-corrected chi connectivity index (χ2v) is 6.24. The molecule has 4 nitrogen and oxygen atoms in total. The number of nitrogens with one attached hydrogen (secondary N) is 1. The van der Waals surface area contributed by atoms with Gasteiger partial charge in [-0.1, -0.05) is 25.0 Å². The maximum absolute atomic E-state index is 12.8. The van der Waals surface area contributed by atoms with Crippen LogP contribution in [0.2, 0.25) is 0 Å². The van der Waals surface area contributed by atoms with E-state index in [1.54, 1.807) is 12.2 Å². The highest BCUT2D eigenvalue weighted by molar-refractivity contribution is 6.07. The van der Waals surface area contributed by atoms with Crippen molar-refractivity contribution < 1.29 is 22.7 Å². The standard InChI is InChI=1S/C16H19F3N2O2/c1-23-14-9-6-4-8-12(14)20-15(21-13(22)16(17,18)19)10-5-2-3-7-11(14)15/h4,6,8-9,11H,2-3,5,7,10H2,1H3,(H,21,22)/t11-,14+,15-/m1/s1. The topological polar surface area (TPSA) is 50.7 Å². The first-order valence-electron chi connectivity index (χ1n) is 7.75. The summed E-state index contributed by atoms with van der Waals surface area (Å²) in [5.41, 5.74) is -1.54. The van der Waals surface area contributed by atoms with E-state index in [0.29, 0.717) is 18.6 Å². The molecule has 23 heavy (non-hydrogen) atoms. The van der Waals surface area contributed by atoms with Crippen LogP contribution in [0.4, 0.5) is 13.2 Å². The monoisotopic (exact) mass is 328 g/mol. The number of allylic oxidation sites excluding steroid dienone is 2. The Morgan fingerprint density at radius 1 is 1.35 bits per heavy atom. The van der Waals surface area contributed by atoms with Crippen molar-refractivity contribution in [3.05, 3.63) is 24.3 Å². The minimum atomic E-state index is -4.93. The van der Waals surface area contributed by atoms with E-state index in [1.165, 1.54) is 7.11 Å². The van der Waals surface area contributed by atoms with Crippen molar-refractivity contribution in [2.24, 2.45) is 10.9 Å². The summed E-state index contributed by atoms with van der Waals surface area (Å²) >= 11 is 0. The molecule has 1 fully saturated rings. The number of rotatable bonds is 2. The molecule has 3 atom stereocenters. The average molecular weight is 328 g/mol. The molecule has 1 heterocycles. The van der Waals surface area contributed by atoms with E-state index in [9.17, 15) is 18.0 Å². The van der Waals surface area contributed by atoms with Gasteiger partial charge in [-0.2, -0.15) is 13.2 Å². The fourth-order valence-electron chi connectivity index (χ4n) is 3.99. The quantitative estimate of drug-likeness (QED) is 0.847. The summed E-state index contributed by atoms with van der Waals surface area (Å²) in [7, 11) is 1.53. The molecule has 3 aliphatic rings. The number of carbonyl (C=O) groups is 1. The number of ether oxygens (including phenoxy) is 1. The highest BCUT2D eigenvalue weighted by atomic mass is 19.4. The van der Waals surface area contributed by atoms with Crippen LogP contribution in [0.3, 0.4) is 0 Å². The summed E-state index contributed by atoms with van der Waals surface area (Å²) in [4.78, 5) is 16.1. The minimum absolute atomic E-state index is 0.343. The van der Waals surface area contributed by atoms with Crippen molar-refractivity contribution in [2.45, 2.75) is 49.5 Å². The molecule has 126 valence electrons. The summed E-state index contributed by atoms with van der Waals surface area (Å²) in [5, 5.41) is 2.19. The lowest BCUT2D eigenvalue weighted by Crippen LogP contribution is -2.58. The summed E-state index contributed by atoms with van der Waals surface area (Å²) in [6.45, 7) is 0. The van der Waals surface area contributed by atoms with Gasteiger partial charge in [0.2, 0.25) is 0 Å².